The zero-order chi connectivity index (χ0) is 25.1. The summed E-state index contributed by atoms with van der Waals surface area (Å²) in [7, 11) is 2.12. The molecule has 3 aromatic rings. The molecule has 9 nitrogen and oxygen atoms in total. The molecule has 1 saturated heterocycles. The van der Waals surface area contributed by atoms with Gasteiger partial charge in [-0.2, -0.15) is 0 Å². The Morgan fingerprint density at radius 1 is 1.00 bits per heavy atom. The lowest BCUT2D eigenvalue weighted by molar-refractivity contribution is -0.123. The van der Waals surface area contributed by atoms with E-state index in [1.807, 2.05) is 31.2 Å². The second-order valence-electron chi connectivity index (χ2n) is 10.1. The van der Waals surface area contributed by atoms with E-state index in [-0.39, 0.29) is 23.8 Å². The van der Waals surface area contributed by atoms with E-state index in [4.69, 9.17) is 0 Å². The number of rotatable bonds is 7. The first kappa shape index (κ1) is 24.4. The van der Waals surface area contributed by atoms with Crippen molar-refractivity contribution in [2.45, 2.75) is 44.7 Å². The van der Waals surface area contributed by atoms with E-state index < -0.39 is 0 Å². The first-order chi connectivity index (χ1) is 17.5. The predicted octanol–water partition coefficient (Wildman–Crippen LogP) is 2.58. The summed E-state index contributed by atoms with van der Waals surface area (Å²) in [4.78, 5) is 42.4. The van der Waals surface area contributed by atoms with Crippen molar-refractivity contribution in [3.8, 4) is 0 Å². The molecular weight excluding hydrogens is 454 g/mol. The summed E-state index contributed by atoms with van der Waals surface area (Å²) in [5, 5.41) is 7.53. The van der Waals surface area contributed by atoms with Crippen LogP contribution in [0.1, 0.15) is 47.2 Å². The molecular formula is C27H35N7O2. The summed E-state index contributed by atoms with van der Waals surface area (Å²) in [6.45, 7) is 6.35. The molecule has 5 rings (SSSR count). The summed E-state index contributed by atoms with van der Waals surface area (Å²) < 4.78 is 0. The molecule has 1 amide bonds. The van der Waals surface area contributed by atoms with Gasteiger partial charge < -0.3 is 20.5 Å². The average Bonchev–Trinajstić information content (AvgIpc) is 3.32. The Kier molecular flexibility index (Phi) is 7.29. The minimum atomic E-state index is -0.0380. The number of ketones is 1. The Hall–Kier alpha value is -3.30. The number of nitrogens with one attached hydrogen (secondary N) is 3. The standard InChI is InChI=1S/C27H35N7O2/c1-18-5-3-4-6-21(18)25(36)22-15-28-26-24(22)27(30-17-29-26)32-20-9-7-19(8-10-20)31-23(35)16-34-13-11-33(2)12-14-34/h3-6,15,17,19-20H,7-14,16H2,1-2H3,(H,31,35)(H2,28,29,30,32)/t19-,20+. The van der Waals surface area contributed by atoms with Crippen LogP contribution in [-0.2, 0) is 4.79 Å². The number of H-pyrrole nitrogens is 1. The molecule has 3 N–H and O–H groups in total. The topological polar surface area (TPSA) is 106 Å². The van der Waals surface area contributed by atoms with Crippen molar-refractivity contribution in [2.75, 3.05) is 45.1 Å². The van der Waals surface area contributed by atoms with Gasteiger partial charge in [-0.3, -0.25) is 14.5 Å². The molecule has 0 unspecified atom stereocenters. The fraction of sp³-hybridized carbons (Fsp3) is 0.481. The van der Waals surface area contributed by atoms with Crippen LogP contribution in [0.4, 0.5) is 5.82 Å². The molecule has 190 valence electrons. The Balaban J connectivity index is 1.20. The zero-order valence-corrected chi connectivity index (χ0v) is 21.1. The zero-order valence-electron chi connectivity index (χ0n) is 21.1. The van der Waals surface area contributed by atoms with E-state index in [0.29, 0.717) is 29.1 Å². The van der Waals surface area contributed by atoms with Gasteiger partial charge in [-0.15, -0.1) is 0 Å². The van der Waals surface area contributed by atoms with E-state index in [1.54, 1.807) is 6.20 Å². The lowest BCUT2D eigenvalue weighted by Crippen LogP contribution is -2.50. The van der Waals surface area contributed by atoms with Crippen LogP contribution in [0.15, 0.2) is 36.8 Å². The van der Waals surface area contributed by atoms with Gasteiger partial charge in [0.15, 0.2) is 5.78 Å². The SMILES string of the molecule is Cc1ccccc1C(=O)c1c[nH]c2ncnc(N[C@H]3CC[C@@H](NC(=O)CN4CCN(C)CC4)CC3)c12. The van der Waals surface area contributed by atoms with Crippen LogP contribution in [0.25, 0.3) is 11.0 Å². The van der Waals surface area contributed by atoms with Crippen molar-refractivity contribution in [1.29, 1.82) is 0 Å². The van der Waals surface area contributed by atoms with Gasteiger partial charge in [-0.25, -0.2) is 9.97 Å². The Labute approximate surface area is 211 Å². The number of benzene rings is 1. The van der Waals surface area contributed by atoms with Gasteiger partial charge in [0.2, 0.25) is 5.91 Å². The molecule has 1 aliphatic heterocycles. The first-order valence-electron chi connectivity index (χ1n) is 12.9. The molecule has 2 fully saturated rings. The van der Waals surface area contributed by atoms with Crippen molar-refractivity contribution < 1.29 is 9.59 Å². The summed E-state index contributed by atoms with van der Waals surface area (Å²) in [6.07, 6.45) is 6.94. The third-order valence-electron chi connectivity index (χ3n) is 7.50. The number of aromatic nitrogens is 3. The van der Waals surface area contributed by atoms with Gasteiger partial charge in [-0.1, -0.05) is 24.3 Å². The van der Waals surface area contributed by atoms with Gasteiger partial charge in [0.25, 0.3) is 0 Å². The molecule has 1 aliphatic carbocycles. The van der Waals surface area contributed by atoms with E-state index >= 15 is 0 Å². The number of anilines is 1. The van der Waals surface area contributed by atoms with Crippen LogP contribution in [0.2, 0.25) is 0 Å². The van der Waals surface area contributed by atoms with Crippen molar-refractivity contribution in [3.05, 3.63) is 53.5 Å². The Bertz CT molecular complexity index is 1220. The second kappa shape index (κ2) is 10.8. The maximum Gasteiger partial charge on any atom is 0.234 e. The van der Waals surface area contributed by atoms with Crippen molar-refractivity contribution >= 4 is 28.5 Å². The van der Waals surface area contributed by atoms with Crippen molar-refractivity contribution in [1.82, 2.24) is 30.1 Å². The number of amides is 1. The normalized spacial score (nSPS) is 21.4. The van der Waals surface area contributed by atoms with Crippen LogP contribution in [-0.4, -0.2) is 88.3 Å². The molecule has 0 atom stereocenters. The smallest absolute Gasteiger partial charge is 0.234 e. The second-order valence-corrected chi connectivity index (χ2v) is 10.1. The van der Waals surface area contributed by atoms with Gasteiger partial charge >= 0.3 is 0 Å². The highest BCUT2D eigenvalue weighted by molar-refractivity contribution is 6.18. The lowest BCUT2D eigenvalue weighted by atomic mass is 9.91. The van der Waals surface area contributed by atoms with Crippen LogP contribution in [0.3, 0.4) is 0 Å². The van der Waals surface area contributed by atoms with Crippen molar-refractivity contribution in [2.24, 2.45) is 0 Å². The molecule has 2 aromatic heterocycles. The number of hydrogen-bond donors (Lipinski definition) is 3. The van der Waals surface area contributed by atoms with E-state index in [0.717, 1.165) is 62.8 Å². The third-order valence-corrected chi connectivity index (χ3v) is 7.50. The largest absolute Gasteiger partial charge is 0.367 e. The fourth-order valence-electron chi connectivity index (χ4n) is 5.28. The predicted molar refractivity (Wildman–Crippen MR) is 140 cm³/mol. The molecule has 0 spiro atoms. The summed E-state index contributed by atoms with van der Waals surface area (Å²) in [5.74, 6) is 0.768. The summed E-state index contributed by atoms with van der Waals surface area (Å²) >= 11 is 0. The average molecular weight is 490 g/mol. The maximum absolute atomic E-state index is 13.3. The molecule has 0 radical (unpaired) electrons. The third kappa shape index (κ3) is 5.42. The van der Waals surface area contributed by atoms with Gasteiger partial charge in [-0.05, 0) is 45.2 Å². The van der Waals surface area contributed by atoms with Crippen LogP contribution in [0, 0.1) is 6.92 Å². The number of hydrogen-bond acceptors (Lipinski definition) is 7. The Morgan fingerprint density at radius 2 is 1.72 bits per heavy atom. The molecule has 0 bridgehead atoms. The molecule has 3 heterocycles. The Morgan fingerprint density at radius 3 is 2.47 bits per heavy atom. The van der Waals surface area contributed by atoms with Crippen LogP contribution >= 0.6 is 0 Å². The number of carbonyl (C=O) groups excluding carboxylic acids is 2. The molecule has 2 aliphatic rings. The van der Waals surface area contributed by atoms with E-state index in [9.17, 15) is 9.59 Å². The highest BCUT2D eigenvalue weighted by atomic mass is 16.2. The number of fused-ring (bicyclic) bond motifs is 1. The molecule has 9 heteroatoms. The van der Waals surface area contributed by atoms with Crippen LogP contribution in [0.5, 0.6) is 0 Å². The highest BCUT2D eigenvalue weighted by Crippen LogP contribution is 2.29. The monoisotopic (exact) mass is 489 g/mol. The fourth-order valence-corrected chi connectivity index (χ4v) is 5.28. The molecule has 1 aromatic carbocycles. The number of carbonyl (C=O) groups is 2. The number of aromatic amines is 1. The molecule has 1 saturated carbocycles. The molecule has 36 heavy (non-hydrogen) atoms. The lowest BCUT2D eigenvalue weighted by Gasteiger charge is -2.33. The van der Waals surface area contributed by atoms with Gasteiger partial charge in [0.05, 0.1) is 17.5 Å². The number of piperazine rings is 1. The van der Waals surface area contributed by atoms with Crippen molar-refractivity contribution in [3.63, 3.8) is 0 Å². The maximum atomic E-state index is 13.3. The number of nitrogens with zero attached hydrogens (tertiary/aromatic N) is 4. The van der Waals surface area contributed by atoms with Gasteiger partial charge in [0.1, 0.15) is 17.8 Å². The summed E-state index contributed by atoms with van der Waals surface area (Å²) in [5.41, 5.74) is 2.85. The minimum absolute atomic E-state index is 0.0380. The summed E-state index contributed by atoms with van der Waals surface area (Å²) in [6, 6.07) is 8.05. The number of aryl methyl sites for hydroxylation is 1. The quantitative estimate of drug-likeness (QED) is 0.438. The first-order valence-corrected chi connectivity index (χ1v) is 12.9. The van der Waals surface area contributed by atoms with E-state index in [1.165, 1.54) is 6.33 Å². The van der Waals surface area contributed by atoms with Gasteiger partial charge in [0, 0.05) is 50.0 Å². The number of likely N-dealkylation sites (N-methyl/N-ethyl adjacent to an activating group) is 1. The van der Waals surface area contributed by atoms with E-state index in [2.05, 4.69) is 42.4 Å². The highest BCUT2D eigenvalue weighted by Gasteiger charge is 2.26. The van der Waals surface area contributed by atoms with Crippen LogP contribution < -0.4 is 10.6 Å². The minimum Gasteiger partial charge on any atom is -0.367 e.